The third-order valence-corrected chi connectivity index (χ3v) is 10.1. The molecule has 10 heteroatoms. The van der Waals surface area contributed by atoms with Crippen LogP contribution in [-0.4, -0.2) is 55.4 Å². The average Bonchev–Trinajstić information content (AvgIpc) is 3.08. The first-order chi connectivity index (χ1) is 25.0. The molecule has 10 nitrogen and oxygen atoms in total. The molecule has 0 saturated heterocycles. The van der Waals surface area contributed by atoms with E-state index in [-0.39, 0.29) is 25.7 Å². The molecule has 0 spiro atoms. The van der Waals surface area contributed by atoms with Gasteiger partial charge in [0.05, 0.1) is 5.41 Å². The Hall–Kier alpha value is -2.65. The van der Waals surface area contributed by atoms with Crippen LogP contribution in [0.2, 0.25) is 0 Å². The number of carbonyl (C=O) groups is 5. The molecule has 0 heterocycles. The Kier molecular flexibility index (Phi) is 37.7. The van der Waals surface area contributed by atoms with E-state index in [4.69, 9.17) is 20.4 Å². The van der Waals surface area contributed by atoms with Gasteiger partial charge in [-0.25, -0.2) is 0 Å². The van der Waals surface area contributed by atoms with Gasteiger partial charge in [0.25, 0.3) is 0 Å². The first-order valence-electron chi connectivity index (χ1n) is 21.1. The molecule has 0 bridgehead atoms. The van der Waals surface area contributed by atoms with Crippen LogP contribution in [0, 0.1) is 5.41 Å². The molecule has 0 fully saturated rings. The molecule has 5 N–H and O–H groups in total. The maximum Gasteiger partial charge on any atom is 0.309 e. The molecule has 1 atom stereocenters. The van der Waals surface area contributed by atoms with Crippen LogP contribution in [0.3, 0.4) is 0 Å². The Bertz CT molecular complexity index is 874. The van der Waals surface area contributed by atoms with Crippen LogP contribution in [0.1, 0.15) is 232 Å². The fourth-order valence-corrected chi connectivity index (χ4v) is 6.80. The molecule has 0 rings (SSSR count). The Morgan fingerprint density at radius 1 is 0.308 bits per heavy atom. The van der Waals surface area contributed by atoms with Gasteiger partial charge in [0, 0.05) is 25.7 Å². The van der Waals surface area contributed by atoms with E-state index in [2.05, 4.69) is 6.92 Å². The number of hydrogen-bond acceptors (Lipinski definition) is 5. The maximum atomic E-state index is 12.6. The van der Waals surface area contributed by atoms with Gasteiger partial charge in [0.15, 0.2) is 0 Å². The number of hydrogen-bond donors (Lipinski definition) is 5. The Labute approximate surface area is 315 Å². The molecule has 0 aliphatic carbocycles. The lowest BCUT2D eigenvalue weighted by atomic mass is 9.74. The maximum absolute atomic E-state index is 12.6. The highest BCUT2D eigenvalue weighted by Crippen LogP contribution is 2.38. The van der Waals surface area contributed by atoms with Crippen molar-refractivity contribution in [3.05, 3.63) is 0 Å². The van der Waals surface area contributed by atoms with E-state index in [0.29, 0.717) is 19.3 Å². The normalized spacial score (nSPS) is 12.1. The fourth-order valence-electron chi connectivity index (χ4n) is 6.80. The van der Waals surface area contributed by atoms with Crippen LogP contribution < -0.4 is 0 Å². The Morgan fingerprint density at radius 3 is 0.712 bits per heavy atom. The number of carboxylic acid groups (broad SMARTS) is 5. The van der Waals surface area contributed by atoms with Crippen molar-refractivity contribution in [2.75, 3.05) is 0 Å². The van der Waals surface area contributed by atoms with Gasteiger partial charge in [-0.15, -0.1) is 0 Å². The van der Waals surface area contributed by atoms with Crippen molar-refractivity contribution in [2.24, 2.45) is 5.41 Å². The third-order valence-electron chi connectivity index (χ3n) is 10.1. The van der Waals surface area contributed by atoms with Crippen LogP contribution in [-0.2, 0) is 24.0 Å². The molecular formula is C42H78O10. The minimum Gasteiger partial charge on any atom is -0.481 e. The van der Waals surface area contributed by atoms with Crippen LogP contribution in [0.4, 0.5) is 0 Å². The second-order valence-corrected chi connectivity index (χ2v) is 15.0. The minimum atomic E-state index is -0.870. The predicted octanol–water partition coefficient (Wildman–Crippen LogP) is 12.1. The van der Waals surface area contributed by atoms with E-state index in [9.17, 15) is 29.1 Å². The van der Waals surface area contributed by atoms with Crippen LogP contribution in [0.25, 0.3) is 0 Å². The Balaban J connectivity index is 0. The summed E-state index contributed by atoms with van der Waals surface area (Å²) < 4.78 is 0. The summed E-state index contributed by atoms with van der Waals surface area (Å²) in [4.78, 5) is 53.8. The van der Waals surface area contributed by atoms with E-state index < -0.39 is 35.3 Å². The predicted molar refractivity (Wildman–Crippen MR) is 208 cm³/mol. The smallest absolute Gasteiger partial charge is 0.309 e. The van der Waals surface area contributed by atoms with Crippen molar-refractivity contribution >= 4 is 29.8 Å². The summed E-state index contributed by atoms with van der Waals surface area (Å²) in [6.07, 6.45) is 33.3. The molecule has 52 heavy (non-hydrogen) atoms. The van der Waals surface area contributed by atoms with Crippen LogP contribution in [0.5, 0.6) is 0 Å². The van der Waals surface area contributed by atoms with Gasteiger partial charge in [-0.05, 0) is 44.9 Å². The van der Waals surface area contributed by atoms with Crippen LogP contribution in [0.15, 0.2) is 0 Å². The van der Waals surface area contributed by atoms with Crippen molar-refractivity contribution in [3.63, 3.8) is 0 Å². The van der Waals surface area contributed by atoms with Crippen molar-refractivity contribution in [2.45, 2.75) is 232 Å². The molecule has 0 aromatic rings. The summed E-state index contributed by atoms with van der Waals surface area (Å²) in [6, 6.07) is 0. The van der Waals surface area contributed by atoms with Crippen molar-refractivity contribution in [1.82, 2.24) is 0 Å². The molecule has 0 aliphatic rings. The molecule has 0 amide bonds. The molecule has 306 valence electrons. The van der Waals surface area contributed by atoms with Crippen molar-refractivity contribution < 1.29 is 49.5 Å². The van der Waals surface area contributed by atoms with Crippen molar-refractivity contribution in [1.29, 1.82) is 0 Å². The number of aliphatic carboxylic acids is 5. The van der Waals surface area contributed by atoms with Gasteiger partial charge >= 0.3 is 29.8 Å². The molecule has 0 saturated carbocycles. The van der Waals surface area contributed by atoms with Gasteiger partial charge < -0.3 is 25.5 Å². The summed E-state index contributed by atoms with van der Waals surface area (Å²) in [7, 11) is 0. The zero-order valence-corrected chi connectivity index (χ0v) is 33.0. The molecule has 0 radical (unpaired) electrons. The summed E-state index contributed by atoms with van der Waals surface area (Å²) in [5, 5.41) is 44.2. The zero-order valence-electron chi connectivity index (χ0n) is 33.0. The van der Waals surface area contributed by atoms with Gasteiger partial charge in [0.1, 0.15) is 0 Å². The summed E-state index contributed by atoms with van der Waals surface area (Å²) >= 11 is 0. The third kappa shape index (κ3) is 38.6. The zero-order chi connectivity index (χ0) is 39.1. The topological polar surface area (TPSA) is 186 Å². The lowest BCUT2D eigenvalue weighted by molar-refractivity contribution is -0.151. The van der Waals surface area contributed by atoms with Gasteiger partial charge in [-0.3, -0.25) is 24.0 Å². The quantitative estimate of drug-likeness (QED) is 0.0379. The monoisotopic (exact) mass is 743 g/mol. The first kappa shape index (κ1) is 51.5. The second-order valence-electron chi connectivity index (χ2n) is 15.0. The molecule has 0 aromatic carbocycles. The van der Waals surface area contributed by atoms with E-state index in [1.807, 2.05) is 0 Å². The molecule has 1 unspecified atom stereocenters. The van der Waals surface area contributed by atoms with Gasteiger partial charge in [-0.2, -0.15) is 0 Å². The molecule has 0 aliphatic heterocycles. The number of rotatable bonds is 39. The second kappa shape index (κ2) is 38.1. The molecular weight excluding hydrogens is 664 g/mol. The Morgan fingerprint density at radius 2 is 0.500 bits per heavy atom. The highest BCUT2D eigenvalue weighted by molar-refractivity contribution is 5.74. The van der Waals surface area contributed by atoms with E-state index in [1.54, 1.807) is 0 Å². The lowest BCUT2D eigenvalue weighted by Gasteiger charge is -2.30. The largest absolute Gasteiger partial charge is 0.481 e. The summed E-state index contributed by atoms with van der Waals surface area (Å²) in [5.41, 5.74) is -0.625. The van der Waals surface area contributed by atoms with Crippen LogP contribution >= 0.6 is 0 Å². The highest BCUT2D eigenvalue weighted by atomic mass is 16.4. The first-order valence-corrected chi connectivity index (χ1v) is 21.1. The SMILES string of the molecule is CCCCCCCCCCCCCCCCC(CCCCCCCCCC(=O)O)(CCCCCCCC(=O)O)C(=O)O.O=C(O)CCCCC(=O)O. The van der Waals surface area contributed by atoms with Crippen molar-refractivity contribution in [3.8, 4) is 0 Å². The highest BCUT2D eigenvalue weighted by Gasteiger charge is 2.36. The van der Waals surface area contributed by atoms with Gasteiger partial charge in [-0.1, -0.05) is 161 Å². The number of carboxylic acids is 5. The standard InChI is InChI=1S/C36H68O6.C6H10O4/c1-2-3-4-5-6-7-8-9-10-11-12-15-20-25-30-36(35(41)42,32-27-22-17-19-24-29-34(39)40)31-26-21-16-13-14-18-23-28-33(37)38;7-5(8)3-1-2-4-6(9)10/h2-32H2,1H3,(H,37,38)(H,39,40)(H,41,42);1-4H2,(H,7,8)(H,9,10). The van der Waals surface area contributed by atoms with E-state index in [1.165, 1.54) is 77.0 Å². The molecule has 0 aromatic heterocycles. The summed E-state index contributed by atoms with van der Waals surface area (Å²) in [6.45, 7) is 2.26. The lowest BCUT2D eigenvalue weighted by Crippen LogP contribution is -2.31. The number of unbranched alkanes of at least 4 members (excludes halogenated alkanes) is 24. The van der Waals surface area contributed by atoms with E-state index in [0.717, 1.165) is 103 Å². The summed E-state index contributed by atoms with van der Waals surface area (Å²) in [5.74, 6) is -3.83. The van der Waals surface area contributed by atoms with E-state index >= 15 is 0 Å². The fraction of sp³-hybridized carbons (Fsp3) is 0.881. The van der Waals surface area contributed by atoms with Gasteiger partial charge in [0.2, 0.25) is 0 Å². The average molecular weight is 743 g/mol. The minimum absolute atomic E-state index is 0.0628.